The van der Waals surface area contributed by atoms with E-state index in [9.17, 15) is 19.0 Å². The summed E-state index contributed by atoms with van der Waals surface area (Å²) in [4.78, 5) is 37.5. The van der Waals surface area contributed by atoms with Crippen LogP contribution in [0.4, 0.5) is 0 Å². The van der Waals surface area contributed by atoms with Crippen molar-refractivity contribution in [2.24, 2.45) is 0 Å². The number of quaternary nitrogens is 1. The normalized spacial score (nSPS) is 14.4. The van der Waals surface area contributed by atoms with Crippen LogP contribution >= 0.6 is 7.82 Å². The summed E-state index contributed by atoms with van der Waals surface area (Å²) < 4.78 is 33.8. The Hall–Kier alpha value is -2.81. The van der Waals surface area contributed by atoms with E-state index in [1.165, 1.54) is 64.2 Å². The molecule has 0 aliphatic carbocycles. The van der Waals surface area contributed by atoms with Gasteiger partial charge in [-0.3, -0.25) is 14.2 Å². The first-order valence-corrected chi connectivity index (χ1v) is 23.8. The summed E-state index contributed by atoms with van der Waals surface area (Å²) in [7, 11) is 1.09. The third-order valence-electron chi connectivity index (χ3n) is 8.89. The molecule has 0 aliphatic rings. The second-order valence-electron chi connectivity index (χ2n) is 15.7. The lowest BCUT2D eigenvalue weighted by Gasteiger charge is -2.28. The van der Waals surface area contributed by atoms with E-state index in [2.05, 4.69) is 86.8 Å². The molecular formula is C48H82NO8P. The molecule has 0 saturated carbocycles. The molecule has 0 heterocycles. The van der Waals surface area contributed by atoms with Gasteiger partial charge in [-0.25, -0.2) is 0 Å². The Bertz CT molecular complexity index is 1260. The van der Waals surface area contributed by atoms with Gasteiger partial charge >= 0.3 is 11.9 Å². The minimum absolute atomic E-state index is 0.0528. The predicted molar refractivity (Wildman–Crippen MR) is 240 cm³/mol. The molecule has 1 unspecified atom stereocenters. The SMILES string of the molecule is CCCCC/C=C\C/C=C\C/C=C\C/C=C\CCCC(=O)OC[C@H](COP(=O)([O-])OCC[N+](C)(C)C)OC(=O)CCC/C=C\C/C=C\C/C=C\CCCCCCCC. The molecule has 0 aromatic carbocycles. The van der Waals surface area contributed by atoms with Crippen LogP contribution in [0, 0.1) is 0 Å². The summed E-state index contributed by atoms with van der Waals surface area (Å²) in [5.41, 5.74) is 0. The van der Waals surface area contributed by atoms with Gasteiger partial charge in [-0.15, -0.1) is 0 Å². The van der Waals surface area contributed by atoms with Crippen molar-refractivity contribution >= 4 is 19.8 Å². The lowest BCUT2D eigenvalue weighted by molar-refractivity contribution is -0.870. The van der Waals surface area contributed by atoms with Crippen molar-refractivity contribution < 1.29 is 42.1 Å². The van der Waals surface area contributed by atoms with Gasteiger partial charge in [0.1, 0.15) is 19.8 Å². The Kier molecular flexibility index (Phi) is 37.7. The number of likely N-dealkylation sites (N-methyl/N-ethyl adjacent to an activating group) is 1. The van der Waals surface area contributed by atoms with E-state index in [-0.39, 0.29) is 26.1 Å². The van der Waals surface area contributed by atoms with Crippen LogP contribution < -0.4 is 4.89 Å². The van der Waals surface area contributed by atoms with E-state index < -0.39 is 32.5 Å². The van der Waals surface area contributed by atoms with Gasteiger partial charge in [-0.05, 0) is 83.5 Å². The summed E-state index contributed by atoms with van der Waals surface area (Å²) in [5, 5.41) is 0. The van der Waals surface area contributed by atoms with Gasteiger partial charge in [0.25, 0.3) is 7.82 Å². The standard InChI is InChI=1S/C48H82NO8P/c1-6-8-10-12-14-16-18-20-22-24-26-28-30-32-34-36-38-40-47(50)54-44-46(45-56-58(52,53)55-43-42-49(3,4)5)57-48(51)41-39-37-35-33-31-29-27-25-23-21-19-17-15-13-11-9-7-2/h14,16,20-23,26-29,32-35,46H,6-13,15,17-19,24-25,30-31,36-45H2,1-5H3/b16-14-,22-20-,23-21-,28-26-,29-27-,34-32-,35-33-/t46-/m1/s1. The fourth-order valence-electron chi connectivity index (χ4n) is 5.37. The van der Waals surface area contributed by atoms with Crippen molar-refractivity contribution in [3.63, 3.8) is 0 Å². The van der Waals surface area contributed by atoms with Crippen molar-refractivity contribution in [1.29, 1.82) is 0 Å². The van der Waals surface area contributed by atoms with Crippen molar-refractivity contribution in [3.8, 4) is 0 Å². The maximum absolute atomic E-state index is 12.7. The number of hydrogen-bond acceptors (Lipinski definition) is 8. The number of ether oxygens (including phenoxy) is 2. The van der Waals surface area contributed by atoms with Crippen molar-refractivity contribution in [2.45, 2.75) is 161 Å². The molecular weight excluding hydrogens is 750 g/mol. The second-order valence-corrected chi connectivity index (χ2v) is 17.1. The number of phosphoric acid groups is 1. The van der Waals surface area contributed by atoms with Crippen LogP contribution in [-0.4, -0.2) is 70.0 Å². The molecule has 0 saturated heterocycles. The highest BCUT2D eigenvalue weighted by atomic mass is 31.2. The van der Waals surface area contributed by atoms with Gasteiger partial charge < -0.3 is 27.9 Å². The smallest absolute Gasteiger partial charge is 0.306 e. The zero-order valence-electron chi connectivity index (χ0n) is 37.2. The zero-order chi connectivity index (χ0) is 42.8. The number of rotatable bonds is 39. The minimum atomic E-state index is -4.66. The van der Waals surface area contributed by atoms with Gasteiger partial charge in [0.2, 0.25) is 0 Å². The highest BCUT2D eigenvalue weighted by Gasteiger charge is 2.21. The second kappa shape index (κ2) is 39.6. The lowest BCUT2D eigenvalue weighted by Crippen LogP contribution is -2.37. The van der Waals surface area contributed by atoms with E-state index in [0.29, 0.717) is 30.3 Å². The average molecular weight is 832 g/mol. The molecule has 0 aromatic rings. The Morgan fingerprint density at radius 3 is 1.41 bits per heavy atom. The maximum atomic E-state index is 12.7. The third-order valence-corrected chi connectivity index (χ3v) is 9.85. The molecule has 0 N–H and O–H groups in total. The van der Waals surface area contributed by atoms with Crippen LogP contribution in [0.2, 0.25) is 0 Å². The molecule has 10 heteroatoms. The van der Waals surface area contributed by atoms with Gasteiger partial charge in [0.15, 0.2) is 6.10 Å². The number of hydrogen-bond donors (Lipinski definition) is 0. The largest absolute Gasteiger partial charge is 0.756 e. The molecule has 0 spiro atoms. The summed E-state index contributed by atoms with van der Waals surface area (Å²) in [6.45, 7) is 4.05. The fraction of sp³-hybridized carbons (Fsp3) is 0.667. The van der Waals surface area contributed by atoms with Crippen molar-refractivity contribution in [1.82, 2.24) is 0 Å². The first-order chi connectivity index (χ1) is 28.0. The van der Waals surface area contributed by atoms with E-state index in [4.69, 9.17) is 18.5 Å². The third kappa shape index (κ3) is 42.8. The molecule has 2 atom stereocenters. The topological polar surface area (TPSA) is 111 Å². The van der Waals surface area contributed by atoms with E-state index in [0.717, 1.165) is 44.9 Å². The first-order valence-electron chi connectivity index (χ1n) is 22.3. The van der Waals surface area contributed by atoms with Gasteiger partial charge in [0, 0.05) is 12.8 Å². The maximum Gasteiger partial charge on any atom is 0.306 e. The number of esters is 2. The number of carbonyl (C=O) groups excluding carboxylic acids is 2. The van der Waals surface area contributed by atoms with Crippen LogP contribution in [0.1, 0.15) is 155 Å². The zero-order valence-corrected chi connectivity index (χ0v) is 38.1. The number of allylic oxidation sites excluding steroid dienone is 14. The van der Waals surface area contributed by atoms with Crippen LogP contribution in [0.25, 0.3) is 0 Å². The molecule has 0 amide bonds. The van der Waals surface area contributed by atoms with Crippen LogP contribution in [-0.2, 0) is 32.7 Å². The van der Waals surface area contributed by atoms with Crippen molar-refractivity contribution in [2.75, 3.05) is 47.5 Å². The molecule has 0 aliphatic heterocycles. The Labute approximate surface area is 354 Å². The molecule has 9 nitrogen and oxygen atoms in total. The van der Waals surface area contributed by atoms with Crippen LogP contribution in [0.3, 0.4) is 0 Å². The van der Waals surface area contributed by atoms with E-state index in [1.807, 2.05) is 33.3 Å². The highest BCUT2D eigenvalue weighted by molar-refractivity contribution is 7.45. The number of nitrogens with zero attached hydrogens (tertiary/aromatic N) is 1. The summed E-state index contributed by atoms with van der Waals surface area (Å²) in [5.74, 6) is -0.970. The number of carbonyl (C=O) groups is 2. The molecule has 0 rings (SSSR count). The summed E-state index contributed by atoms with van der Waals surface area (Å²) in [6.07, 6.45) is 50.6. The number of phosphoric ester groups is 1. The van der Waals surface area contributed by atoms with Crippen LogP contribution in [0.5, 0.6) is 0 Å². The summed E-state index contributed by atoms with van der Waals surface area (Å²) >= 11 is 0. The quantitative estimate of drug-likeness (QED) is 0.0198. The Balaban J connectivity index is 4.55. The molecule has 58 heavy (non-hydrogen) atoms. The average Bonchev–Trinajstić information content (AvgIpc) is 3.17. The summed E-state index contributed by atoms with van der Waals surface area (Å²) in [6, 6.07) is 0. The van der Waals surface area contributed by atoms with Gasteiger partial charge in [-0.1, -0.05) is 144 Å². The first kappa shape index (κ1) is 55.2. The molecule has 0 aromatic heterocycles. The van der Waals surface area contributed by atoms with Crippen LogP contribution in [0.15, 0.2) is 85.1 Å². The van der Waals surface area contributed by atoms with Gasteiger partial charge in [-0.2, -0.15) is 0 Å². The predicted octanol–water partition coefficient (Wildman–Crippen LogP) is 12.2. The Morgan fingerprint density at radius 2 is 0.931 bits per heavy atom. The van der Waals surface area contributed by atoms with Crippen molar-refractivity contribution in [3.05, 3.63) is 85.1 Å². The lowest BCUT2D eigenvalue weighted by atomic mass is 10.1. The molecule has 332 valence electrons. The highest BCUT2D eigenvalue weighted by Crippen LogP contribution is 2.38. The number of unbranched alkanes of at least 4 members (excludes halogenated alkanes) is 11. The molecule has 0 fully saturated rings. The molecule has 0 bridgehead atoms. The minimum Gasteiger partial charge on any atom is -0.756 e. The monoisotopic (exact) mass is 832 g/mol. The van der Waals surface area contributed by atoms with E-state index in [1.54, 1.807) is 0 Å². The fourth-order valence-corrected chi connectivity index (χ4v) is 6.10. The van der Waals surface area contributed by atoms with Gasteiger partial charge in [0.05, 0.1) is 27.7 Å². The molecule has 0 radical (unpaired) electrons. The van der Waals surface area contributed by atoms with E-state index >= 15 is 0 Å². The Morgan fingerprint density at radius 1 is 0.534 bits per heavy atom.